The standard InChI is InChI=1S/C17H19NO/c1-14(2)12-18-19-13-15-7-6-10-17(11-15)16-8-4-3-5-9-16/h3-12,14H,13H2,1-2H3. The van der Waals surface area contributed by atoms with Gasteiger partial charge >= 0.3 is 0 Å². The SMILES string of the molecule is CC(C)C=NOCc1cccc(-c2ccccc2)c1. The van der Waals surface area contributed by atoms with E-state index in [9.17, 15) is 0 Å². The molecule has 0 saturated heterocycles. The first-order valence-corrected chi connectivity index (χ1v) is 6.55. The average molecular weight is 253 g/mol. The predicted octanol–water partition coefficient (Wildman–Crippen LogP) is 4.51. The summed E-state index contributed by atoms with van der Waals surface area (Å²) < 4.78 is 0. The van der Waals surface area contributed by atoms with Gasteiger partial charge in [-0.15, -0.1) is 0 Å². The van der Waals surface area contributed by atoms with E-state index >= 15 is 0 Å². The Labute approximate surface area is 114 Å². The Morgan fingerprint density at radius 2 is 1.74 bits per heavy atom. The van der Waals surface area contributed by atoms with Crippen molar-refractivity contribution in [1.82, 2.24) is 0 Å². The molecule has 0 atom stereocenters. The van der Waals surface area contributed by atoms with E-state index in [2.05, 4.69) is 49.3 Å². The van der Waals surface area contributed by atoms with Gasteiger partial charge in [-0.05, 0) is 28.7 Å². The van der Waals surface area contributed by atoms with E-state index in [1.165, 1.54) is 11.1 Å². The number of oxime groups is 1. The van der Waals surface area contributed by atoms with Crippen LogP contribution in [0, 0.1) is 5.92 Å². The number of rotatable bonds is 5. The number of benzene rings is 2. The van der Waals surface area contributed by atoms with Crippen LogP contribution < -0.4 is 0 Å². The third-order valence-electron chi connectivity index (χ3n) is 2.70. The lowest BCUT2D eigenvalue weighted by Crippen LogP contribution is -1.91. The predicted molar refractivity (Wildman–Crippen MR) is 80.0 cm³/mol. The summed E-state index contributed by atoms with van der Waals surface area (Å²) in [6.45, 7) is 4.65. The summed E-state index contributed by atoms with van der Waals surface area (Å²) in [6, 6.07) is 18.7. The van der Waals surface area contributed by atoms with Crippen LogP contribution in [0.4, 0.5) is 0 Å². The minimum Gasteiger partial charge on any atom is -0.391 e. The summed E-state index contributed by atoms with van der Waals surface area (Å²) in [6.07, 6.45) is 1.81. The normalized spacial score (nSPS) is 11.1. The molecule has 2 heteroatoms. The second-order valence-electron chi connectivity index (χ2n) is 4.84. The van der Waals surface area contributed by atoms with Gasteiger partial charge in [0, 0.05) is 6.21 Å². The first-order valence-electron chi connectivity index (χ1n) is 6.55. The lowest BCUT2D eigenvalue weighted by Gasteiger charge is -2.05. The van der Waals surface area contributed by atoms with Gasteiger partial charge in [0.15, 0.2) is 0 Å². The third kappa shape index (κ3) is 4.25. The van der Waals surface area contributed by atoms with Gasteiger partial charge in [0.25, 0.3) is 0 Å². The lowest BCUT2D eigenvalue weighted by atomic mass is 10.0. The average Bonchev–Trinajstić information content (AvgIpc) is 2.45. The minimum absolute atomic E-state index is 0.413. The van der Waals surface area contributed by atoms with E-state index in [4.69, 9.17) is 4.84 Å². The summed E-state index contributed by atoms with van der Waals surface area (Å²) in [5, 5.41) is 3.94. The van der Waals surface area contributed by atoms with Crippen molar-refractivity contribution < 1.29 is 4.84 Å². The van der Waals surface area contributed by atoms with Gasteiger partial charge < -0.3 is 4.84 Å². The molecule has 0 amide bonds. The van der Waals surface area contributed by atoms with Crippen molar-refractivity contribution >= 4 is 6.21 Å². The van der Waals surface area contributed by atoms with Gasteiger partial charge in [-0.2, -0.15) is 0 Å². The molecule has 98 valence electrons. The van der Waals surface area contributed by atoms with Crippen LogP contribution in [0.5, 0.6) is 0 Å². The summed E-state index contributed by atoms with van der Waals surface area (Å²) in [4.78, 5) is 5.29. The highest BCUT2D eigenvalue weighted by Crippen LogP contribution is 2.20. The largest absolute Gasteiger partial charge is 0.391 e. The van der Waals surface area contributed by atoms with Gasteiger partial charge in [-0.25, -0.2) is 0 Å². The Kier molecular flexibility index (Phi) is 4.73. The molecule has 0 radical (unpaired) electrons. The van der Waals surface area contributed by atoms with Crippen molar-refractivity contribution in [3.8, 4) is 11.1 Å². The van der Waals surface area contributed by atoms with Crippen LogP contribution in [0.15, 0.2) is 59.8 Å². The van der Waals surface area contributed by atoms with Crippen molar-refractivity contribution in [3.05, 3.63) is 60.2 Å². The van der Waals surface area contributed by atoms with Gasteiger partial charge in [-0.1, -0.05) is 67.5 Å². The molecule has 0 N–H and O–H groups in total. The van der Waals surface area contributed by atoms with Crippen molar-refractivity contribution in [2.75, 3.05) is 0 Å². The van der Waals surface area contributed by atoms with E-state index < -0.39 is 0 Å². The molecular formula is C17H19NO. The van der Waals surface area contributed by atoms with Crippen LogP contribution in [0.25, 0.3) is 11.1 Å². The summed E-state index contributed by atoms with van der Waals surface area (Å²) in [7, 11) is 0. The second kappa shape index (κ2) is 6.74. The molecule has 2 aromatic carbocycles. The number of hydrogen-bond acceptors (Lipinski definition) is 2. The Morgan fingerprint density at radius 3 is 2.47 bits per heavy atom. The van der Waals surface area contributed by atoms with Crippen LogP contribution in [-0.2, 0) is 11.4 Å². The maximum Gasteiger partial charge on any atom is 0.142 e. The maximum atomic E-state index is 5.29. The molecule has 0 heterocycles. The Hall–Kier alpha value is -2.09. The van der Waals surface area contributed by atoms with Crippen LogP contribution >= 0.6 is 0 Å². The highest BCUT2D eigenvalue weighted by atomic mass is 16.6. The highest BCUT2D eigenvalue weighted by Gasteiger charge is 1.99. The molecule has 0 aliphatic rings. The third-order valence-corrected chi connectivity index (χ3v) is 2.70. The zero-order valence-corrected chi connectivity index (χ0v) is 11.4. The Morgan fingerprint density at radius 1 is 1.00 bits per heavy atom. The molecule has 0 unspecified atom stereocenters. The van der Waals surface area contributed by atoms with Crippen LogP contribution in [-0.4, -0.2) is 6.21 Å². The first kappa shape index (κ1) is 13.3. The molecular weight excluding hydrogens is 234 g/mol. The summed E-state index contributed by atoms with van der Waals surface area (Å²) >= 11 is 0. The molecule has 0 saturated carbocycles. The van der Waals surface area contributed by atoms with E-state index in [0.717, 1.165) is 5.56 Å². The molecule has 2 rings (SSSR count). The molecule has 0 spiro atoms. The van der Waals surface area contributed by atoms with Crippen molar-refractivity contribution in [3.63, 3.8) is 0 Å². The fraction of sp³-hybridized carbons (Fsp3) is 0.235. The van der Waals surface area contributed by atoms with Crippen LogP contribution in [0.3, 0.4) is 0 Å². The minimum atomic E-state index is 0.413. The molecule has 0 fully saturated rings. The smallest absolute Gasteiger partial charge is 0.142 e. The Bertz CT molecular complexity index is 532. The number of nitrogens with zero attached hydrogens (tertiary/aromatic N) is 1. The second-order valence-corrected chi connectivity index (χ2v) is 4.84. The number of hydrogen-bond donors (Lipinski definition) is 0. The monoisotopic (exact) mass is 253 g/mol. The van der Waals surface area contributed by atoms with Gasteiger partial charge in [0.05, 0.1) is 0 Å². The van der Waals surface area contributed by atoms with Gasteiger partial charge in [0.2, 0.25) is 0 Å². The topological polar surface area (TPSA) is 21.6 Å². The molecule has 0 aromatic heterocycles. The highest BCUT2D eigenvalue weighted by molar-refractivity contribution is 5.63. The van der Waals surface area contributed by atoms with Crippen molar-refractivity contribution in [2.45, 2.75) is 20.5 Å². The van der Waals surface area contributed by atoms with Crippen LogP contribution in [0.1, 0.15) is 19.4 Å². The van der Waals surface area contributed by atoms with E-state index in [-0.39, 0.29) is 0 Å². The fourth-order valence-electron chi connectivity index (χ4n) is 1.75. The van der Waals surface area contributed by atoms with E-state index in [0.29, 0.717) is 12.5 Å². The lowest BCUT2D eigenvalue weighted by molar-refractivity contribution is 0.131. The molecule has 2 aromatic rings. The quantitative estimate of drug-likeness (QED) is 0.567. The van der Waals surface area contributed by atoms with Gasteiger partial charge in [-0.3, -0.25) is 0 Å². The fourth-order valence-corrected chi connectivity index (χ4v) is 1.75. The Balaban J connectivity index is 2.04. The van der Waals surface area contributed by atoms with E-state index in [1.54, 1.807) is 6.21 Å². The van der Waals surface area contributed by atoms with E-state index in [1.807, 2.05) is 24.3 Å². The summed E-state index contributed by atoms with van der Waals surface area (Å²) in [5.41, 5.74) is 3.55. The zero-order chi connectivity index (χ0) is 13.5. The molecule has 2 nitrogen and oxygen atoms in total. The molecule has 19 heavy (non-hydrogen) atoms. The maximum absolute atomic E-state index is 5.29. The zero-order valence-electron chi connectivity index (χ0n) is 11.4. The first-order chi connectivity index (χ1) is 9.25. The van der Waals surface area contributed by atoms with Crippen LogP contribution in [0.2, 0.25) is 0 Å². The molecule has 0 aliphatic carbocycles. The summed E-state index contributed by atoms with van der Waals surface area (Å²) in [5.74, 6) is 0.413. The molecule has 0 bridgehead atoms. The van der Waals surface area contributed by atoms with Crippen molar-refractivity contribution in [2.24, 2.45) is 11.1 Å². The molecule has 0 aliphatic heterocycles. The van der Waals surface area contributed by atoms with Crippen molar-refractivity contribution in [1.29, 1.82) is 0 Å². The van der Waals surface area contributed by atoms with Gasteiger partial charge in [0.1, 0.15) is 6.61 Å².